The van der Waals surface area contributed by atoms with E-state index in [1.807, 2.05) is 27.7 Å². The van der Waals surface area contributed by atoms with Crippen molar-refractivity contribution in [3.63, 3.8) is 0 Å². The van der Waals surface area contributed by atoms with Crippen LogP contribution in [0.1, 0.15) is 48.4 Å². The maximum atomic E-state index is 13.4. The fraction of sp³-hybridized carbons (Fsp3) is 0.286. The number of esters is 2. The van der Waals surface area contributed by atoms with Crippen LogP contribution in [0.2, 0.25) is 0 Å². The standard InChI is InChI=1S/C28H26N2O6S4/c1-15(2)13-35-25(33)17-5-9-19(10-6-17)29-23(31)21(39-27(29)37)22-24(32)30(28(38)40-22)20-11-7-18(8-12-20)26(34)36-14-16(3)4/h5-12,15-16H,13-14H2,1-4H3. The van der Waals surface area contributed by atoms with Crippen molar-refractivity contribution in [2.75, 3.05) is 23.0 Å². The van der Waals surface area contributed by atoms with Crippen LogP contribution in [0.25, 0.3) is 0 Å². The van der Waals surface area contributed by atoms with Gasteiger partial charge in [-0.2, -0.15) is 0 Å². The first-order valence-electron chi connectivity index (χ1n) is 12.4. The number of hydrogen-bond donors (Lipinski definition) is 0. The van der Waals surface area contributed by atoms with E-state index in [-0.39, 0.29) is 30.3 Å². The Bertz CT molecular complexity index is 1310. The molecule has 4 rings (SSSR count). The first-order chi connectivity index (χ1) is 19.0. The smallest absolute Gasteiger partial charge is 0.338 e. The van der Waals surface area contributed by atoms with E-state index in [1.54, 1.807) is 48.5 Å². The summed E-state index contributed by atoms with van der Waals surface area (Å²) in [6.07, 6.45) is 0. The van der Waals surface area contributed by atoms with Gasteiger partial charge >= 0.3 is 11.9 Å². The molecule has 0 atom stereocenters. The minimum Gasteiger partial charge on any atom is -0.462 e. The number of thiocarbonyl (C=S) groups is 2. The molecule has 2 fully saturated rings. The Balaban J connectivity index is 1.51. The molecule has 0 aliphatic carbocycles. The van der Waals surface area contributed by atoms with Crippen LogP contribution in [0.5, 0.6) is 0 Å². The number of benzene rings is 2. The highest BCUT2D eigenvalue weighted by Gasteiger charge is 2.43. The molecule has 40 heavy (non-hydrogen) atoms. The third-order valence-corrected chi connectivity index (χ3v) is 8.44. The fourth-order valence-corrected chi connectivity index (χ4v) is 6.35. The normalized spacial score (nSPS) is 17.4. The van der Waals surface area contributed by atoms with Crippen LogP contribution >= 0.6 is 48.0 Å². The van der Waals surface area contributed by atoms with Crippen molar-refractivity contribution in [1.82, 2.24) is 0 Å². The second-order valence-corrected chi connectivity index (χ2v) is 13.0. The topological polar surface area (TPSA) is 93.2 Å². The third kappa shape index (κ3) is 6.46. The Kier molecular flexibility index (Phi) is 9.44. The quantitative estimate of drug-likeness (QED) is 0.202. The predicted molar refractivity (Wildman–Crippen MR) is 166 cm³/mol. The van der Waals surface area contributed by atoms with E-state index in [0.717, 1.165) is 23.5 Å². The first-order valence-corrected chi connectivity index (χ1v) is 14.8. The second kappa shape index (κ2) is 12.6. The molecule has 208 valence electrons. The second-order valence-electron chi connectivity index (χ2n) is 9.75. The number of anilines is 2. The summed E-state index contributed by atoms with van der Waals surface area (Å²) in [6, 6.07) is 12.7. The summed E-state index contributed by atoms with van der Waals surface area (Å²) >= 11 is 13.0. The average Bonchev–Trinajstić information content (AvgIpc) is 3.38. The lowest BCUT2D eigenvalue weighted by molar-refractivity contribution is -0.115. The van der Waals surface area contributed by atoms with Crippen molar-refractivity contribution in [2.24, 2.45) is 11.8 Å². The number of carbonyl (C=O) groups excluding carboxylic acids is 4. The van der Waals surface area contributed by atoms with Gasteiger partial charge in [0, 0.05) is 0 Å². The first kappa shape index (κ1) is 29.9. The maximum absolute atomic E-state index is 13.4. The summed E-state index contributed by atoms with van der Waals surface area (Å²) in [5.74, 6) is -1.37. The van der Waals surface area contributed by atoms with Gasteiger partial charge < -0.3 is 9.47 Å². The fourth-order valence-electron chi connectivity index (χ4n) is 3.60. The van der Waals surface area contributed by atoms with Crippen LogP contribution in [0.4, 0.5) is 11.4 Å². The minimum atomic E-state index is -0.450. The van der Waals surface area contributed by atoms with Crippen LogP contribution in [0.15, 0.2) is 58.3 Å². The van der Waals surface area contributed by atoms with E-state index in [4.69, 9.17) is 33.9 Å². The average molecular weight is 615 g/mol. The molecule has 2 amide bonds. The van der Waals surface area contributed by atoms with Gasteiger partial charge in [-0.15, -0.1) is 0 Å². The van der Waals surface area contributed by atoms with Gasteiger partial charge in [-0.1, -0.05) is 75.7 Å². The van der Waals surface area contributed by atoms with Crippen molar-refractivity contribution < 1.29 is 28.7 Å². The lowest BCUT2D eigenvalue weighted by Gasteiger charge is -2.15. The Morgan fingerprint density at radius 2 is 1.00 bits per heavy atom. The van der Waals surface area contributed by atoms with Gasteiger partial charge in [0.25, 0.3) is 11.8 Å². The molecule has 2 aromatic carbocycles. The molecule has 0 bridgehead atoms. The molecular formula is C28H26N2O6S4. The summed E-state index contributed by atoms with van der Waals surface area (Å²) < 4.78 is 11.0. The lowest BCUT2D eigenvalue weighted by atomic mass is 10.2. The van der Waals surface area contributed by atoms with Gasteiger partial charge in [0.2, 0.25) is 0 Å². The van der Waals surface area contributed by atoms with E-state index < -0.39 is 23.8 Å². The van der Waals surface area contributed by atoms with Crippen molar-refractivity contribution in [1.29, 1.82) is 0 Å². The van der Waals surface area contributed by atoms with Crippen molar-refractivity contribution in [2.45, 2.75) is 27.7 Å². The number of rotatable bonds is 8. The zero-order valence-corrected chi connectivity index (χ0v) is 25.4. The molecule has 2 aliphatic rings. The number of thioether (sulfide) groups is 2. The summed E-state index contributed by atoms with van der Waals surface area (Å²) in [4.78, 5) is 54.3. The van der Waals surface area contributed by atoms with Crippen LogP contribution < -0.4 is 9.80 Å². The molecule has 8 nitrogen and oxygen atoms in total. The lowest BCUT2D eigenvalue weighted by Crippen LogP contribution is -2.29. The number of ether oxygens (including phenoxy) is 2. The molecule has 0 aromatic heterocycles. The van der Waals surface area contributed by atoms with Gasteiger partial charge in [-0.3, -0.25) is 19.4 Å². The highest BCUT2D eigenvalue weighted by molar-refractivity contribution is 8.30. The largest absolute Gasteiger partial charge is 0.462 e. The van der Waals surface area contributed by atoms with Crippen LogP contribution in [0, 0.1) is 11.8 Å². The molecule has 2 saturated heterocycles. The predicted octanol–water partition coefficient (Wildman–Crippen LogP) is 5.95. The van der Waals surface area contributed by atoms with Crippen molar-refractivity contribution >= 4 is 91.7 Å². The van der Waals surface area contributed by atoms with E-state index in [0.29, 0.717) is 35.7 Å². The molecule has 0 N–H and O–H groups in total. The monoisotopic (exact) mass is 614 g/mol. The Morgan fingerprint density at radius 1 is 0.675 bits per heavy atom. The highest BCUT2D eigenvalue weighted by atomic mass is 32.2. The van der Waals surface area contributed by atoms with Crippen molar-refractivity contribution in [3.05, 3.63) is 69.5 Å². The molecule has 2 heterocycles. The van der Waals surface area contributed by atoms with Crippen LogP contribution in [-0.4, -0.2) is 45.6 Å². The molecule has 12 heteroatoms. The molecule has 0 spiro atoms. The highest BCUT2D eigenvalue weighted by Crippen LogP contribution is 2.44. The number of nitrogens with zero attached hydrogens (tertiary/aromatic N) is 2. The number of carbonyl (C=O) groups is 4. The van der Waals surface area contributed by atoms with E-state index in [1.165, 1.54) is 9.80 Å². The Labute approximate surface area is 251 Å². The number of amides is 2. The Morgan fingerprint density at radius 3 is 1.30 bits per heavy atom. The zero-order valence-electron chi connectivity index (χ0n) is 22.2. The molecule has 2 aliphatic heterocycles. The van der Waals surface area contributed by atoms with E-state index in [2.05, 4.69) is 0 Å². The number of hydrogen-bond acceptors (Lipinski definition) is 10. The molecule has 2 aromatic rings. The zero-order chi connectivity index (χ0) is 29.1. The van der Waals surface area contributed by atoms with Crippen molar-refractivity contribution in [3.8, 4) is 0 Å². The minimum absolute atomic E-state index is 0.180. The SMILES string of the molecule is CC(C)COC(=O)c1ccc(N2C(=O)C(=C3SC(=S)N(c4ccc(C(=O)OCC(C)C)cc4)C3=O)SC2=S)cc1. The van der Waals surface area contributed by atoms with E-state index >= 15 is 0 Å². The molecule has 0 saturated carbocycles. The summed E-state index contributed by atoms with van der Waals surface area (Å²) in [5.41, 5.74) is 1.64. The van der Waals surface area contributed by atoms with Gasteiger partial charge in [-0.25, -0.2) is 9.59 Å². The maximum Gasteiger partial charge on any atom is 0.338 e. The van der Waals surface area contributed by atoms with Gasteiger partial charge in [0.1, 0.15) is 0 Å². The van der Waals surface area contributed by atoms with E-state index in [9.17, 15) is 19.2 Å². The van der Waals surface area contributed by atoms with Gasteiger partial charge in [-0.05, 0) is 60.4 Å². The molecule has 0 unspecified atom stereocenters. The molecular weight excluding hydrogens is 589 g/mol. The summed E-state index contributed by atoms with van der Waals surface area (Å²) in [6.45, 7) is 8.40. The third-order valence-electron chi connectivity index (χ3n) is 5.56. The van der Waals surface area contributed by atoms with Crippen LogP contribution in [-0.2, 0) is 19.1 Å². The van der Waals surface area contributed by atoms with Gasteiger partial charge in [0.15, 0.2) is 8.64 Å². The summed E-state index contributed by atoms with van der Waals surface area (Å²) in [7, 11) is 0. The Hall–Kier alpha value is -3.06. The van der Waals surface area contributed by atoms with Crippen LogP contribution in [0.3, 0.4) is 0 Å². The molecule has 0 radical (unpaired) electrons. The summed E-state index contributed by atoms with van der Waals surface area (Å²) in [5, 5.41) is 0. The van der Waals surface area contributed by atoms with Gasteiger partial charge in [0.05, 0.1) is 45.5 Å².